The fourth-order valence-electron chi connectivity index (χ4n) is 3.91. The van der Waals surface area contributed by atoms with Crippen LogP contribution in [0.5, 0.6) is 0 Å². The van der Waals surface area contributed by atoms with E-state index in [1.807, 2.05) is 23.5 Å². The number of hydrogen-bond acceptors (Lipinski definition) is 2. The number of quaternary nitrogens is 1. The number of nitrogens with one attached hydrogen (secondary N) is 1. The standard InChI is InChI=1S/C23H26FN3O/c1-2-17-8-10-18(11-9-17)22(19-6-5-7-20(24)14-19)26-15-21(28)27-23(16-25)12-3-4-13-23/h5-11,14,22,26H,2-4,12-13,15H2,1H3,(H,27,28)/p+1/t22-/m0/s1. The van der Waals surface area contributed by atoms with Crippen LogP contribution in [0.25, 0.3) is 0 Å². The molecule has 2 aromatic rings. The molecule has 28 heavy (non-hydrogen) atoms. The lowest BCUT2D eigenvalue weighted by atomic mass is 9.97. The summed E-state index contributed by atoms with van der Waals surface area (Å²) in [4.78, 5) is 12.5. The van der Waals surface area contributed by atoms with Crippen molar-refractivity contribution in [3.63, 3.8) is 0 Å². The molecule has 0 spiro atoms. The zero-order valence-electron chi connectivity index (χ0n) is 16.2. The lowest BCUT2D eigenvalue weighted by molar-refractivity contribution is -0.676. The number of hydrogen-bond donors (Lipinski definition) is 2. The van der Waals surface area contributed by atoms with Crippen molar-refractivity contribution >= 4 is 5.91 Å². The van der Waals surface area contributed by atoms with E-state index in [-0.39, 0.29) is 24.3 Å². The highest BCUT2D eigenvalue weighted by Crippen LogP contribution is 2.28. The van der Waals surface area contributed by atoms with Crippen molar-refractivity contribution < 1.29 is 14.5 Å². The van der Waals surface area contributed by atoms with Crippen LogP contribution in [0.3, 0.4) is 0 Å². The van der Waals surface area contributed by atoms with Gasteiger partial charge < -0.3 is 10.6 Å². The lowest BCUT2D eigenvalue weighted by Crippen LogP contribution is -2.88. The van der Waals surface area contributed by atoms with Crippen LogP contribution in [0, 0.1) is 17.1 Å². The monoisotopic (exact) mass is 380 g/mol. The first-order valence-electron chi connectivity index (χ1n) is 9.95. The number of carbonyl (C=O) groups is 1. The van der Waals surface area contributed by atoms with E-state index < -0.39 is 5.54 Å². The highest BCUT2D eigenvalue weighted by atomic mass is 19.1. The van der Waals surface area contributed by atoms with Gasteiger partial charge in [0.25, 0.3) is 5.91 Å². The van der Waals surface area contributed by atoms with E-state index in [1.54, 1.807) is 6.07 Å². The molecule has 1 saturated carbocycles. The first-order chi connectivity index (χ1) is 13.5. The normalized spacial score (nSPS) is 16.3. The van der Waals surface area contributed by atoms with Crippen molar-refractivity contribution in [3.8, 4) is 6.07 Å². The summed E-state index contributed by atoms with van der Waals surface area (Å²) in [5.74, 6) is -0.449. The number of nitriles is 1. The Balaban J connectivity index is 1.75. The van der Waals surface area contributed by atoms with Gasteiger partial charge in [-0.2, -0.15) is 5.26 Å². The molecule has 146 valence electrons. The Morgan fingerprint density at radius 1 is 1.21 bits per heavy atom. The first-order valence-corrected chi connectivity index (χ1v) is 9.95. The molecule has 2 aromatic carbocycles. The smallest absolute Gasteiger partial charge is 0.276 e. The molecule has 0 aliphatic heterocycles. The maximum atomic E-state index is 13.8. The van der Waals surface area contributed by atoms with Crippen molar-refractivity contribution in [2.75, 3.05) is 6.54 Å². The van der Waals surface area contributed by atoms with E-state index in [9.17, 15) is 14.4 Å². The highest BCUT2D eigenvalue weighted by molar-refractivity contribution is 5.78. The van der Waals surface area contributed by atoms with Crippen LogP contribution in [-0.4, -0.2) is 18.0 Å². The van der Waals surface area contributed by atoms with E-state index in [2.05, 4.69) is 30.4 Å². The molecule has 3 rings (SSSR count). The molecule has 1 aliphatic carbocycles. The van der Waals surface area contributed by atoms with Crippen LogP contribution in [0.2, 0.25) is 0 Å². The molecular formula is C23H27FN3O+. The molecule has 0 aromatic heterocycles. The van der Waals surface area contributed by atoms with Crippen molar-refractivity contribution in [3.05, 3.63) is 71.0 Å². The van der Waals surface area contributed by atoms with E-state index in [4.69, 9.17) is 0 Å². The number of nitrogens with two attached hydrogens (primary N) is 1. The van der Waals surface area contributed by atoms with Gasteiger partial charge in [-0.15, -0.1) is 0 Å². The summed E-state index contributed by atoms with van der Waals surface area (Å²) >= 11 is 0. The number of amides is 1. The highest BCUT2D eigenvalue weighted by Gasteiger charge is 2.35. The Kier molecular flexibility index (Phi) is 6.43. The zero-order valence-corrected chi connectivity index (χ0v) is 16.2. The summed E-state index contributed by atoms with van der Waals surface area (Å²) in [6.45, 7) is 2.28. The van der Waals surface area contributed by atoms with Gasteiger partial charge in [0.05, 0.1) is 6.07 Å². The fourth-order valence-corrected chi connectivity index (χ4v) is 3.91. The molecule has 0 radical (unpaired) electrons. The van der Waals surface area contributed by atoms with Crippen molar-refractivity contribution in [2.24, 2.45) is 0 Å². The predicted molar refractivity (Wildman–Crippen MR) is 106 cm³/mol. The topological polar surface area (TPSA) is 69.5 Å². The van der Waals surface area contributed by atoms with Gasteiger partial charge in [0, 0.05) is 11.1 Å². The second kappa shape index (κ2) is 8.99. The summed E-state index contributed by atoms with van der Waals surface area (Å²) in [5, 5.41) is 14.3. The summed E-state index contributed by atoms with van der Waals surface area (Å²) in [6.07, 6.45) is 4.30. The minimum atomic E-state index is -0.720. The molecule has 1 fully saturated rings. The molecule has 1 amide bonds. The molecule has 0 heterocycles. The van der Waals surface area contributed by atoms with Gasteiger partial charge in [-0.25, -0.2) is 4.39 Å². The maximum absolute atomic E-state index is 13.8. The molecule has 0 saturated heterocycles. The third kappa shape index (κ3) is 4.76. The third-order valence-electron chi connectivity index (χ3n) is 5.54. The molecule has 1 atom stereocenters. The number of halogens is 1. The number of carbonyl (C=O) groups excluding carboxylic acids is 1. The van der Waals surface area contributed by atoms with Crippen LogP contribution in [0.1, 0.15) is 55.3 Å². The Morgan fingerprint density at radius 2 is 1.93 bits per heavy atom. The fraction of sp³-hybridized carbons (Fsp3) is 0.391. The van der Waals surface area contributed by atoms with E-state index >= 15 is 0 Å². The Bertz CT molecular complexity index is 851. The minimum absolute atomic E-state index is 0.157. The van der Waals surface area contributed by atoms with Crippen molar-refractivity contribution in [2.45, 2.75) is 50.6 Å². The summed E-state index contributed by atoms with van der Waals surface area (Å²) < 4.78 is 13.8. The van der Waals surface area contributed by atoms with Gasteiger partial charge in [-0.3, -0.25) is 4.79 Å². The summed E-state index contributed by atoms with van der Waals surface area (Å²) in [5.41, 5.74) is 2.35. The molecule has 1 aliphatic rings. The van der Waals surface area contributed by atoms with Gasteiger partial charge >= 0.3 is 0 Å². The number of aryl methyl sites for hydroxylation is 1. The molecule has 3 N–H and O–H groups in total. The van der Waals surface area contributed by atoms with Crippen LogP contribution in [0.4, 0.5) is 4.39 Å². The van der Waals surface area contributed by atoms with E-state index in [0.717, 1.165) is 30.4 Å². The van der Waals surface area contributed by atoms with Crippen LogP contribution in [-0.2, 0) is 11.2 Å². The largest absolute Gasteiger partial charge is 0.333 e. The van der Waals surface area contributed by atoms with Gasteiger partial charge in [-0.05, 0) is 49.8 Å². The SMILES string of the molecule is CCc1ccc([C@H]([NH2+]CC(=O)NC2(C#N)CCCC2)c2cccc(F)c2)cc1. The van der Waals surface area contributed by atoms with Crippen LogP contribution >= 0.6 is 0 Å². The molecule has 5 heteroatoms. The first kappa shape index (κ1) is 20.0. The number of rotatable bonds is 7. The average Bonchev–Trinajstić information content (AvgIpc) is 3.17. The molecular weight excluding hydrogens is 353 g/mol. The van der Waals surface area contributed by atoms with Gasteiger partial charge in [0.2, 0.25) is 0 Å². The van der Waals surface area contributed by atoms with Crippen LogP contribution in [0.15, 0.2) is 48.5 Å². The van der Waals surface area contributed by atoms with Gasteiger partial charge in [0.15, 0.2) is 6.54 Å². The van der Waals surface area contributed by atoms with Crippen LogP contribution < -0.4 is 10.6 Å². The van der Waals surface area contributed by atoms with Gasteiger partial charge in [0.1, 0.15) is 17.4 Å². The van der Waals surface area contributed by atoms with Crippen molar-refractivity contribution in [1.29, 1.82) is 5.26 Å². The third-order valence-corrected chi connectivity index (χ3v) is 5.54. The average molecular weight is 380 g/mol. The van der Waals surface area contributed by atoms with Crippen molar-refractivity contribution in [1.82, 2.24) is 5.32 Å². The minimum Gasteiger partial charge on any atom is -0.333 e. The molecule has 0 unspecified atom stereocenters. The maximum Gasteiger partial charge on any atom is 0.276 e. The Hall–Kier alpha value is -2.71. The van der Waals surface area contributed by atoms with E-state index in [1.165, 1.54) is 17.7 Å². The lowest BCUT2D eigenvalue weighted by Gasteiger charge is -2.22. The number of nitrogens with zero attached hydrogens (tertiary/aromatic N) is 1. The summed E-state index contributed by atoms with van der Waals surface area (Å²) in [7, 11) is 0. The van der Waals surface area contributed by atoms with E-state index in [0.29, 0.717) is 12.8 Å². The predicted octanol–water partition coefficient (Wildman–Crippen LogP) is 2.99. The zero-order chi connectivity index (χ0) is 20.0. The Morgan fingerprint density at radius 3 is 2.54 bits per heavy atom. The summed E-state index contributed by atoms with van der Waals surface area (Å²) in [6, 6.07) is 16.8. The second-order valence-electron chi connectivity index (χ2n) is 7.52. The Labute approximate surface area is 165 Å². The quantitative estimate of drug-likeness (QED) is 0.775. The molecule has 0 bridgehead atoms. The number of benzene rings is 2. The van der Waals surface area contributed by atoms with Gasteiger partial charge in [-0.1, -0.05) is 43.3 Å². The molecule has 4 nitrogen and oxygen atoms in total. The second-order valence-corrected chi connectivity index (χ2v) is 7.52.